The fourth-order valence-electron chi connectivity index (χ4n) is 1.80. The average Bonchev–Trinajstić information content (AvgIpc) is 2.28. The molecule has 0 bridgehead atoms. The van der Waals surface area contributed by atoms with E-state index in [9.17, 15) is 32.9 Å². The van der Waals surface area contributed by atoms with Gasteiger partial charge in [-0.15, -0.1) is 0 Å². The Morgan fingerprint density at radius 2 is 1.70 bits per heavy atom. The lowest BCUT2D eigenvalue weighted by Crippen LogP contribution is -2.54. The molecule has 0 unspecified atom stereocenters. The lowest BCUT2D eigenvalue weighted by atomic mass is 9.88. The van der Waals surface area contributed by atoms with Crippen molar-refractivity contribution in [2.24, 2.45) is 11.8 Å². The number of hydrogen-bond acceptors (Lipinski definition) is 5. The van der Waals surface area contributed by atoms with Crippen LogP contribution in [0, 0.1) is 22.0 Å². The SMILES string of the molecule is CC(C)[C@@H](C[N+](=O)[O-])[C@H](NC(=O)C(F)(F)F)C(=O)OC(C)(C)C. The number of ether oxygens (including phenoxy) is 1. The van der Waals surface area contributed by atoms with Gasteiger partial charge in [0.1, 0.15) is 11.6 Å². The molecule has 0 aromatic rings. The molecule has 0 rings (SSSR count). The number of esters is 1. The Bertz CT molecular complexity index is 458. The van der Waals surface area contributed by atoms with Gasteiger partial charge in [0, 0.05) is 4.92 Å². The van der Waals surface area contributed by atoms with E-state index in [2.05, 4.69) is 0 Å². The van der Waals surface area contributed by atoms with Crippen LogP contribution in [0.1, 0.15) is 34.6 Å². The van der Waals surface area contributed by atoms with Crippen molar-refractivity contribution in [3.05, 3.63) is 10.1 Å². The van der Waals surface area contributed by atoms with Crippen LogP contribution in [-0.4, -0.2) is 41.2 Å². The van der Waals surface area contributed by atoms with Crippen molar-refractivity contribution in [2.75, 3.05) is 6.54 Å². The Labute approximate surface area is 131 Å². The Kier molecular flexibility index (Phi) is 6.98. The smallest absolute Gasteiger partial charge is 0.458 e. The number of rotatable bonds is 6. The largest absolute Gasteiger partial charge is 0.471 e. The molecule has 0 aliphatic rings. The predicted molar refractivity (Wildman–Crippen MR) is 74.0 cm³/mol. The zero-order valence-corrected chi connectivity index (χ0v) is 13.6. The minimum absolute atomic E-state index is 0.536. The lowest BCUT2D eigenvalue weighted by Gasteiger charge is -2.30. The highest BCUT2D eigenvalue weighted by atomic mass is 19.4. The van der Waals surface area contributed by atoms with Crippen molar-refractivity contribution in [3.63, 3.8) is 0 Å². The minimum Gasteiger partial charge on any atom is -0.458 e. The van der Waals surface area contributed by atoms with Crippen molar-refractivity contribution in [2.45, 2.75) is 52.4 Å². The highest BCUT2D eigenvalue weighted by molar-refractivity contribution is 5.87. The van der Waals surface area contributed by atoms with Crippen molar-refractivity contribution in [1.82, 2.24) is 5.32 Å². The van der Waals surface area contributed by atoms with Gasteiger partial charge in [-0.25, -0.2) is 4.79 Å². The summed E-state index contributed by atoms with van der Waals surface area (Å²) in [6, 6.07) is -1.77. The molecule has 0 aromatic heterocycles. The van der Waals surface area contributed by atoms with E-state index in [0.29, 0.717) is 0 Å². The molecule has 0 radical (unpaired) electrons. The predicted octanol–water partition coefficient (Wildman–Crippen LogP) is 1.92. The second-order valence-electron chi connectivity index (χ2n) is 6.41. The number of hydrogen-bond donors (Lipinski definition) is 1. The first kappa shape index (κ1) is 21.1. The molecule has 0 spiro atoms. The molecule has 0 saturated heterocycles. The van der Waals surface area contributed by atoms with E-state index in [1.54, 1.807) is 0 Å². The monoisotopic (exact) mass is 342 g/mol. The van der Waals surface area contributed by atoms with Gasteiger partial charge < -0.3 is 10.1 Å². The molecule has 2 atom stereocenters. The summed E-state index contributed by atoms with van der Waals surface area (Å²) < 4.78 is 42.3. The summed E-state index contributed by atoms with van der Waals surface area (Å²) in [6.07, 6.45) is -5.21. The van der Waals surface area contributed by atoms with Gasteiger partial charge in [-0.1, -0.05) is 13.8 Å². The van der Waals surface area contributed by atoms with Crippen LogP contribution in [0.25, 0.3) is 0 Å². The highest BCUT2D eigenvalue weighted by Gasteiger charge is 2.45. The number of amides is 1. The molecule has 0 saturated carbocycles. The number of carbonyl (C=O) groups excluding carboxylic acids is 2. The number of alkyl halides is 3. The second kappa shape index (κ2) is 7.60. The van der Waals surface area contributed by atoms with Gasteiger partial charge in [-0.3, -0.25) is 14.9 Å². The molecule has 7 nitrogen and oxygen atoms in total. The molecular weight excluding hydrogens is 321 g/mol. The highest BCUT2D eigenvalue weighted by Crippen LogP contribution is 2.22. The van der Waals surface area contributed by atoms with Gasteiger partial charge in [-0.2, -0.15) is 13.2 Å². The summed E-state index contributed by atoms with van der Waals surface area (Å²) >= 11 is 0. The van der Waals surface area contributed by atoms with Crippen LogP contribution >= 0.6 is 0 Å². The van der Waals surface area contributed by atoms with E-state index in [0.717, 1.165) is 0 Å². The van der Waals surface area contributed by atoms with E-state index in [4.69, 9.17) is 4.74 Å². The van der Waals surface area contributed by atoms with Crippen molar-refractivity contribution in [1.29, 1.82) is 0 Å². The van der Waals surface area contributed by atoms with Crippen LogP contribution in [0.4, 0.5) is 13.2 Å². The van der Waals surface area contributed by atoms with Gasteiger partial charge in [0.2, 0.25) is 6.54 Å². The number of nitrogens with one attached hydrogen (secondary N) is 1. The van der Waals surface area contributed by atoms with Gasteiger partial charge in [-0.05, 0) is 26.7 Å². The van der Waals surface area contributed by atoms with E-state index < -0.39 is 53.0 Å². The maximum atomic E-state index is 12.4. The van der Waals surface area contributed by atoms with Crippen molar-refractivity contribution >= 4 is 11.9 Å². The summed E-state index contributed by atoms with van der Waals surface area (Å²) in [7, 11) is 0. The number of nitrogens with zero attached hydrogens (tertiary/aromatic N) is 1. The van der Waals surface area contributed by atoms with E-state index >= 15 is 0 Å². The second-order valence-corrected chi connectivity index (χ2v) is 6.41. The van der Waals surface area contributed by atoms with Gasteiger partial charge in [0.05, 0.1) is 5.92 Å². The summed E-state index contributed by atoms with van der Waals surface area (Å²) in [6.45, 7) is 6.71. The van der Waals surface area contributed by atoms with E-state index in [1.807, 2.05) is 0 Å². The molecule has 23 heavy (non-hydrogen) atoms. The number of halogens is 3. The molecule has 134 valence electrons. The third-order valence-corrected chi connectivity index (χ3v) is 2.85. The van der Waals surface area contributed by atoms with Crippen LogP contribution in [0.15, 0.2) is 0 Å². The Morgan fingerprint density at radius 3 is 2.00 bits per heavy atom. The van der Waals surface area contributed by atoms with Crippen LogP contribution in [0.3, 0.4) is 0 Å². The van der Waals surface area contributed by atoms with Crippen molar-refractivity contribution < 1.29 is 32.4 Å². The lowest BCUT2D eigenvalue weighted by molar-refractivity contribution is -0.490. The first-order valence-corrected chi connectivity index (χ1v) is 6.87. The Balaban J connectivity index is 5.54. The summed E-state index contributed by atoms with van der Waals surface area (Å²) in [5.41, 5.74) is -1.02. The summed E-state index contributed by atoms with van der Waals surface area (Å²) in [5.74, 6) is -5.17. The summed E-state index contributed by atoms with van der Waals surface area (Å²) in [4.78, 5) is 33.2. The maximum Gasteiger partial charge on any atom is 0.471 e. The standard InChI is InChI=1S/C13H21F3N2O5/c1-7(2)8(6-18(21)22)9(10(19)23-12(3,4)5)17-11(20)13(14,15)16/h7-9H,6H2,1-5H3,(H,17,20)/t8-,9+/m1/s1. The molecule has 10 heteroatoms. The number of nitro groups is 1. The van der Waals surface area contributed by atoms with Gasteiger partial charge >= 0.3 is 18.1 Å². The molecule has 0 aromatic carbocycles. The first-order chi connectivity index (χ1) is 10.1. The number of carbonyl (C=O) groups is 2. The fraction of sp³-hybridized carbons (Fsp3) is 0.846. The van der Waals surface area contributed by atoms with Crippen molar-refractivity contribution in [3.8, 4) is 0 Å². The van der Waals surface area contributed by atoms with Crippen LogP contribution in [0.5, 0.6) is 0 Å². The van der Waals surface area contributed by atoms with Crippen LogP contribution < -0.4 is 5.32 Å². The van der Waals surface area contributed by atoms with Crippen LogP contribution in [-0.2, 0) is 14.3 Å². The average molecular weight is 342 g/mol. The minimum atomic E-state index is -5.21. The zero-order chi connectivity index (χ0) is 18.6. The van der Waals surface area contributed by atoms with Crippen LogP contribution in [0.2, 0.25) is 0 Å². The fourth-order valence-corrected chi connectivity index (χ4v) is 1.80. The quantitative estimate of drug-likeness (QED) is 0.452. The van der Waals surface area contributed by atoms with E-state index in [-0.39, 0.29) is 0 Å². The normalized spacial score (nSPS) is 15.0. The Morgan fingerprint density at radius 1 is 1.22 bits per heavy atom. The first-order valence-electron chi connectivity index (χ1n) is 6.87. The zero-order valence-electron chi connectivity index (χ0n) is 13.6. The van der Waals surface area contributed by atoms with E-state index in [1.165, 1.54) is 39.9 Å². The molecule has 1 amide bonds. The van der Waals surface area contributed by atoms with Gasteiger partial charge in [0.15, 0.2) is 0 Å². The summed E-state index contributed by atoms with van der Waals surface area (Å²) in [5, 5.41) is 12.3. The van der Waals surface area contributed by atoms with Gasteiger partial charge in [0.25, 0.3) is 0 Å². The molecule has 1 N–H and O–H groups in total. The molecular formula is C13H21F3N2O5. The maximum absolute atomic E-state index is 12.4. The third kappa shape index (κ3) is 7.80. The molecule has 0 fully saturated rings. The molecule has 0 aliphatic carbocycles. The molecule has 0 heterocycles. The topological polar surface area (TPSA) is 98.5 Å². The Hall–Kier alpha value is -1.87. The third-order valence-electron chi connectivity index (χ3n) is 2.85. The molecule has 0 aliphatic heterocycles.